The molecule has 6 nitrogen and oxygen atoms in total. The fourth-order valence-electron chi connectivity index (χ4n) is 4.60. The van der Waals surface area contributed by atoms with Crippen LogP contribution in [0.15, 0.2) is 54.7 Å². The molecule has 1 fully saturated rings. The molecule has 1 saturated heterocycles. The fourth-order valence-corrected chi connectivity index (χ4v) is 4.60. The van der Waals surface area contributed by atoms with Gasteiger partial charge in [0.15, 0.2) is 0 Å². The Morgan fingerprint density at radius 2 is 1.72 bits per heavy atom. The minimum Gasteiger partial charge on any atom is -0.450 e. The van der Waals surface area contributed by atoms with Crippen LogP contribution in [0.1, 0.15) is 36.0 Å². The molecule has 1 aromatic heterocycles. The maximum absolute atomic E-state index is 13.4. The van der Waals surface area contributed by atoms with E-state index in [1.807, 2.05) is 11.0 Å². The maximum Gasteiger partial charge on any atom is 0.409 e. The predicted octanol–water partition coefficient (Wildman–Crippen LogP) is 4.31. The third kappa shape index (κ3) is 4.49. The molecule has 0 saturated carbocycles. The highest BCUT2D eigenvalue weighted by molar-refractivity contribution is 5.86. The Hall–Kier alpha value is -3.28. The number of carbonyl (C=O) groups is 2. The Labute approximate surface area is 189 Å². The van der Waals surface area contributed by atoms with Crippen molar-refractivity contribution in [2.45, 2.75) is 26.2 Å². The Morgan fingerprint density at radius 3 is 2.44 bits per heavy atom. The Morgan fingerprint density at radius 1 is 1.00 bits per heavy atom. The maximum atomic E-state index is 13.4. The van der Waals surface area contributed by atoms with Crippen molar-refractivity contribution in [3.8, 4) is 0 Å². The number of nitrogens with zero attached hydrogens (tertiary/aromatic N) is 3. The second kappa shape index (κ2) is 9.47. The summed E-state index contributed by atoms with van der Waals surface area (Å²) in [6.07, 6.45) is 2.26. The van der Waals surface area contributed by atoms with Crippen LogP contribution in [0, 0.1) is 6.92 Å². The number of benzene rings is 2. The molecule has 2 amide bonds. The zero-order chi connectivity index (χ0) is 22.7. The average molecular weight is 434 g/mol. The first-order valence-electron chi connectivity index (χ1n) is 11.3. The molecule has 32 heavy (non-hydrogen) atoms. The van der Waals surface area contributed by atoms with Gasteiger partial charge in [-0.25, -0.2) is 4.79 Å². The van der Waals surface area contributed by atoms with Gasteiger partial charge < -0.3 is 19.1 Å². The van der Waals surface area contributed by atoms with Crippen molar-refractivity contribution in [2.24, 2.45) is 7.05 Å². The van der Waals surface area contributed by atoms with Crippen LogP contribution in [-0.4, -0.2) is 59.2 Å². The molecule has 0 aliphatic carbocycles. The monoisotopic (exact) mass is 433 g/mol. The number of hydrogen-bond donors (Lipinski definition) is 0. The van der Waals surface area contributed by atoms with Gasteiger partial charge in [0.05, 0.1) is 6.61 Å². The number of aryl methyl sites for hydroxylation is 2. The Balaban J connectivity index is 1.58. The first kappa shape index (κ1) is 21.9. The van der Waals surface area contributed by atoms with E-state index in [0.29, 0.717) is 39.2 Å². The Bertz CT molecular complexity index is 1110. The lowest BCUT2D eigenvalue weighted by molar-refractivity contribution is -0.133. The van der Waals surface area contributed by atoms with Crippen molar-refractivity contribution in [3.63, 3.8) is 0 Å². The highest BCUT2D eigenvalue weighted by atomic mass is 16.6. The second-order valence-corrected chi connectivity index (χ2v) is 8.45. The number of rotatable bonds is 5. The average Bonchev–Trinajstić information content (AvgIpc) is 3.14. The van der Waals surface area contributed by atoms with Crippen LogP contribution >= 0.6 is 0 Å². The number of hydrogen-bond acceptors (Lipinski definition) is 3. The zero-order valence-electron chi connectivity index (χ0n) is 19.1. The van der Waals surface area contributed by atoms with Gasteiger partial charge in [-0.15, -0.1) is 0 Å². The number of fused-ring (bicyclic) bond motifs is 1. The van der Waals surface area contributed by atoms with Crippen molar-refractivity contribution in [1.82, 2.24) is 14.4 Å². The van der Waals surface area contributed by atoms with Crippen LogP contribution in [-0.2, 0) is 16.6 Å². The van der Waals surface area contributed by atoms with Gasteiger partial charge in [0.2, 0.25) is 5.91 Å². The lowest BCUT2D eigenvalue weighted by Crippen LogP contribution is -2.50. The van der Waals surface area contributed by atoms with Crippen LogP contribution in [0.3, 0.4) is 0 Å². The smallest absolute Gasteiger partial charge is 0.409 e. The van der Waals surface area contributed by atoms with Crippen molar-refractivity contribution >= 4 is 22.9 Å². The number of ether oxygens (including phenoxy) is 1. The van der Waals surface area contributed by atoms with Crippen LogP contribution < -0.4 is 0 Å². The standard InChI is InChI=1S/C26H31N3O3/c1-4-32-26(31)29-14-12-28(13-15-29)25(30)17-22(20-9-7-8-19(2)16-20)23-18-27(3)24-11-6-5-10-21(23)24/h5-11,16,18,22H,4,12-15,17H2,1-3H3. The lowest BCUT2D eigenvalue weighted by Gasteiger charge is -2.34. The quantitative estimate of drug-likeness (QED) is 0.603. The van der Waals surface area contributed by atoms with E-state index in [2.05, 4.69) is 67.2 Å². The molecule has 1 aliphatic heterocycles. The molecule has 1 unspecified atom stereocenters. The van der Waals surface area contributed by atoms with E-state index >= 15 is 0 Å². The van der Waals surface area contributed by atoms with Gasteiger partial charge in [0.1, 0.15) is 0 Å². The minimum absolute atomic E-state index is 0.0309. The SMILES string of the molecule is CCOC(=O)N1CCN(C(=O)CC(c2cccc(C)c2)c2cn(C)c3ccccc23)CC1. The predicted molar refractivity (Wildman–Crippen MR) is 126 cm³/mol. The van der Waals surface area contributed by atoms with E-state index < -0.39 is 0 Å². The number of para-hydroxylation sites is 1. The number of aromatic nitrogens is 1. The summed E-state index contributed by atoms with van der Waals surface area (Å²) < 4.78 is 7.23. The third-order valence-corrected chi connectivity index (χ3v) is 6.28. The summed E-state index contributed by atoms with van der Waals surface area (Å²) in [7, 11) is 2.05. The van der Waals surface area contributed by atoms with Crippen molar-refractivity contribution < 1.29 is 14.3 Å². The summed E-state index contributed by atoms with van der Waals surface area (Å²) in [5, 5.41) is 1.18. The topological polar surface area (TPSA) is 54.8 Å². The van der Waals surface area contributed by atoms with E-state index in [-0.39, 0.29) is 17.9 Å². The highest BCUT2D eigenvalue weighted by Gasteiger charge is 2.28. The summed E-state index contributed by atoms with van der Waals surface area (Å²) in [6, 6.07) is 16.8. The van der Waals surface area contributed by atoms with Gasteiger partial charge in [-0.1, -0.05) is 48.0 Å². The number of piperazine rings is 1. The molecule has 2 aromatic carbocycles. The van der Waals surface area contributed by atoms with E-state index in [1.165, 1.54) is 16.5 Å². The molecule has 1 aliphatic rings. The van der Waals surface area contributed by atoms with Gasteiger partial charge in [-0.2, -0.15) is 0 Å². The fraction of sp³-hybridized carbons (Fsp3) is 0.385. The van der Waals surface area contributed by atoms with Crippen LogP contribution in [0.2, 0.25) is 0 Å². The van der Waals surface area contributed by atoms with E-state index in [4.69, 9.17) is 4.74 Å². The van der Waals surface area contributed by atoms with Gasteiger partial charge in [-0.3, -0.25) is 4.79 Å². The van der Waals surface area contributed by atoms with Gasteiger partial charge in [-0.05, 0) is 31.0 Å². The lowest BCUT2D eigenvalue weighted by atomic mass is 9.87. The molecular formula is C26H31N3O3. The molecular weight excluding hydrogens is 402 g/mol. The number of amides is 2. The van der Waals surface area contributed by atoms with E-state index in [0.717, 1.165) is 11.1 Å². The first-order chi connectivity index (χ1) is 15.5. The van der Waals surface area contributed by atoms with Crippen LogP contribution in [0.25, 0.3) is 10.9 Å². The highest BCUT2D eigenvalue weighted by Crippen LogP contribution is 2.35. The van der Waals surface area contributed by atoms with Crippen LogP contribution in [0.5, 0.6) is 0 Å². The molecule has 1 atom stereocenters. The van der Waals surface area contributed by atoms with Crippen molar-refractivity contribution in [2.75, 3.05) is 32.8 Å². The first-order valence-corrected chi connectivity index (χ1v) is 11.3. The summed E-state index contributed by atoms with van der Waals surface area (Å²) in [5.74, 6) is 0.0875. The molecule has 168 valence electrons. The molecule has 0 N–H and O–H groups in total. The summed E-state index contributed by atoms with van der Waals surface area (Å²) in [4.78, 5) is 28.9. The second-order valence-electron chi connectivity index (χ2n) is 8.45. The molecule has 4 rings (SSSR count). The summed E-state index contributed by atoms with van der Waals surface area (Å²) in [5.41, 5.74) is 4.67. The van der Waals surface area contributed by atoms with E-state index in [1.54, 1.807) is 11.8 Å². The summed E-state index contributed by atoms with van der Waals surface area (Å²) in [6.45, 7) is 6.33. The van der Waals surface area contributed by atoms with Gasteiger partial charge in [0.25, 0.3) is 0 Å². The summed E-state index contributed by atoms with van der Waals surface area (Å²) >= 11 is 0. The van der Waals surface area contributed by atoms with Crippen LogP contribution in [0.4, 0.5) is 4.79 Å². The van der Waals surface area contributed by atoms with E-state index in [9.17, 15) is 9.59 Å². The molecule has 3 aromatic rings. The molecule has 0 bridgehead atoms. The molecule has 0 radical (unpaired) electrons. The number of carbonyl (C=O) groups excluding carboxylic acids is 2. The van der Waals surface area contributed by atoms with Crippen molar-refractivity contribution in [3.05, 3.63) is 71.4 Å². The van der Waals surface area contributed by atoms with Crippen molar-refractivity contribution in [1.29, 1.82) is 0 Å². The zero-order valence-corrected chi connectivity index (χ0v) is 19.1. The largest absolute Gasteiger partial charge is 0.450 e. The third-order valence-electron chi connectivity index (χ3n) is 6.28. The molecule has 2 heterocycles. The normalized spacial score (nSPS) is 15.1. The Kier molecular flexibility index (Phi) is 6.49. The van der Waals surface area contributed by atoms with Gasteiger partial charge in [0, 0.05) is 62.7 Å². The molecule has 6 heteroatoms. The minimum atomic E-state index is -0.298. The molecule has 0 spiro atoms. The van der Waals surface area contributed by atoms with Gasteiger partial charge >= 0.3 is 6.09 Å².